The lowest BCUT2D eigenvalue weighted by Crippen LogP contribution is -2.30. The second-order valence-corrected chi connectivity index (χ2v) is 22.0. The number of hydrogen-bond donors (Lipinski definition) is 0. The summed E-state index contributed by atoms with van der Waals surface area (Å²) in [4.78, 5) is 38.4. The van der Waals surface area contributed by atoms with Gasteiger partial charge >= 0.3 is 17.9 Å². The molecule has 0 radical (unpaired) electrons. The lowest BCUT2D eigenvalue weighted by Gasteiger charge is -2.18. The second kappa shape index (κ2) is 66.6. The lowest BCUT2D eigenvalue weighted by atomic mass is 10.0. The third-order valence-corrected chi connectivity index (χ3v) is 14.2. The van der Waals surface area contributed by atoms with E-state index in [4.69, 9.17) is 14.2 Å². The largest absolute Gasteiger partial charge is 0.462 e. The average Bonchev–Trinajstić information content (AvgIpc) is 3.45. The molecule has 0 amide bonds. The number of hydrogen-bond acceptors (Lipinski definition) is 6. The van der Waals surface area contributed by atoms with Crippen molar-refractivity contribution in [1.29, 1.82) is 0 Å². The number of carbonyl (C=O) groups is 3. The first-order valence-corrected chi connectivity index (χ1v) is 33.4. The van der Waals surface area contributed by atoms with E-state index in [1.54, 1.807) is 0 Å². The van der Waals surface area contributed by atoms with Crippen molar-refractivity contribution in [2.45, 2.75) is 322 Å². The normalized spacial score (nSPS) is 12.8. The summed E-state index contributed by atoms with van der Waals surface area (Å²) in [6.45, 7) is 6.41. The summed E-state index contributed by atoms with van der Waals surface area (Å²) in [5, 5.41) is 0. The number of rotatable bonds is 60. The third-order valence-electron chi connectivity index (χ3n) is 14.2. The summed E-state index contributed by atoms with van der Waals surface area (Å²) in [6.07, 6.45) is 91.0. The van der Waals surface area contributed by atoms with Gasteiger partial charge in [-0.3, -0.25) is 14.4 Å². The Kier molecular flexibility index (Phi) is 63.3. The molecule has 1 atom stereocenters. The van der Waals surface area contributed by atoms with E-state index in [9.17, 15) is 14.4 Å². The van der Waals surface area contributed by atoms with Gasteiger partial charge < -0.3 is 14.2 Å². The third kappa shape index (κ3) is 64.8. The Balaban J connectivity index is 4.30. The highest BCUT2D eigenvalue weighted by Crippen LogP contribution is 2.16. The van der Waals surface area contributed by atoms with Gasteiger partial charge in [-0.2, -0.15) is 0 Å². The predicted octanol–water partition coefficient (Wildman–Crippen LogP) is 23.0. The minimum Gasteiger partial charge on any atom is -0.462 e. The maximum absolute atomic E-state index is 12.9. The Bertz CT molecular complexity index is 1590. The van der Waals surface area contributed by atoms with Crippen molar-refractivity contribution in [3.8, 4) is 0 Å². The number of allylic oxidation sites excluding steroid dienone is 18. The molecule has 6 heteroatoms. The molecule has 0 aromatic carbocycles. The summed E-state index contributed by atoms with van der Waals surface area (Å²) >= 11 is 0. The van der Waals surface area contributed by atoms with E-state index in [1.165, 1.54) is 154 Å². The predicted molar refractivity (Wildman–Crippen MR) is 343 cm³/mol. The fraction of sp³-hybridized carbons (Fsp3) is 0.712. The molecule has 0 fully saturated rings. The Morgan fingerprint density at radius 3 is 0.785 bits per heavy atom. The van der Waals surface area contributed by atoms with Gasteiger partial charge in [0.05, 0.1) is 0 Å². The van der Waals surface area contributed by atoms with Crippen molar-refractivity contribution in [1.82, 2.24) is 0 Å². The van der Waals surface area contributed by atoms with Crippen LogP contribution in [0.15, 0.2) is 109 Å². The van der Waals surface area contributed by atoms with Crippen LogP contribution in [0.3, 0.4) is 0 Å². The van der Waals surface area contributed by atoms with Gasteiger partial charge in [-0.15, -0.1) is 0 Å². The lowest BCUT2D eigenvalue weighted by molar-refractivity contribution is -0.167. The maximum atomic E-state index is 12.9. The Labute approximate surface area is 489 Å². The number of ether oxygens (including phenoxy) is 3. The van der Waals surface area contributed by atoms with Gasteiger partial charge in [-0.05, 0) is 122 Å². The van der Waals surface area contributed by atoms with E-state index in [2.05, 4.69) is 130 Å². The first kappa shape index (κ1) is 75.1. The Morgan fingerprint density at radius 2 is 0.494 bits per heavy atom. The van der Waals surface area contributed by atoms with Crippen LogP contribution in [0.5, 0.6) is 0 Å². The molecule has 0 aromatic heterocycles. The van der Waals surface area contributed by atoms with Gasteiger partial charge in [0.2, 0.25) is 0 Å². The van der Waals surface area contributed by atoms with Crippen molar-refractivity contribution in [3.63, 3.8) is 0 Å². The molecule has 0 aliphatic carbocycles. The molecule has 0 aliphatic rings. The van der Waals surface area contributed by atoms with Crippen molar-refractivity contribution < 1.29 is 28.6 Å². The van der Waals surface area contributed by atoms with Crippen LogP contribution in [0, 0.1) is 0 Å². The molecule has 0 saturated heterocycles. The van der Waals surface area contributed by atoms with Crippen molar-refractivity contribution in [2.24, 2.45) is 0 Å². The van der Waals surface area contributed by atoms with Gasteiger partial charge in [0, 0.05) is 19.3 Å². The number of carbonyl (C=O) groups excluding carboxylic acids is 3. The monoisotopic (exact) mass is 1100 g/mol. The highest BCUT2D eigenvalue weighted by molar-refractivity contribution is 5.71. The molecular formula is C73H124O6. The standard InChI is InChI=1S/C73H124O6/c1-4-7-10-13-16-19-22-25-27-29-31-33-34-35-36-37-38-40-41-43-45-48-51-54-57-60-63-66-72(75)78-69-70(68-77-71(74)65-62-59-56-53-50-47-24-21-18-15-12-9-6-3)79-73(76)67-64-61-58-55-52-49-46-44-42-39-32-30-28-26-23-20-17-14-11-8-5-2/h7-8,10-11,16-17,19-21,24-28,31-33,39,70H,4-6,9,12-15,18,22-23,29-30,34-38,40-69H2,1-3H3/b10-7-,11-8-,19-16-,20-17-,24-21-,27-25-,28-26-,33-31-,39-32-. The minimum absolute atomic E-state index is 0.0833. The zero-order chi connectivity index (χ0) is 57.1. The van der Waals surface area contributed by atoms with Gasteiger partial charge in [0.25, 0.3) is 0 Å². The first-order chi connectivity index (χ1) is 39.0. The molecule has 1 unspecified atom stereocenters. The molecule has 0 aromatic rings. The SMILES string of the molecule is CC/C=C\C/C=C\C/C=C\C/C=C\CCCCCCCCCCCCCCCCC(=O)OCC(COC(=O)CCCCCCC/C=C\CCCCCC)OC(=O)CCCCCCCCCC/C=C\C/C=C\C/C=C\C/C=C\CC. The van der Waals surface area contributed by atoms with E-state index in [1.807, 2.05) is 0 Å². The zero-order valence-electron chi connectivity index (χ0n) is 51.9. The van der Waals surface area contributed by atoms with Crippen LogP contribution in [-0.2, 0) is 28.6 Å². The molecule has 0 rings (SSSR count). The van der Waals surface area contributed by atoms with Gasteiger partial charge in [-0.1, -0.05) is 284 Å². The fourth-order valence-corrected chi connectivity index (χ4v) is 9.30. The van der Waals surface area contributed by atoms with Crippen LogP contribution in [0.1, 0.15) is 316 Å². The quantitative estimate of drug-likeness (QED) is 0.0261. The molecule has 0 saturated carbocycles. The molecule has 0 N–H and O–H groups in total. The van der Waals surface area contributed by atoms with Crippen LogP contribution < -0.4 is 0 Å². The Hall–Kier alpha value is -3.93. The summed E-state index contributed by atoms with van der Waals surface area (Å²) < 4.78 is 16.9. The van der Waals surface area contributed by atoms with E-state index in [0.717, 1.165) is 122 Å². The summed E-state index contributed by atoms with van der Waals surface area (Å²) in [5.74, 6) is -0.891. The molecule has 0 aliphatic heterocycles. The van der Waals surface area contributed by atoms with Gasteiger partial charge in [-0.25, -0.2) is 0 Å². The first-order valence-electron chi connectivity index (χ1n) is 33.4. The highest BCUT2D eigenvalue weighted by atomic mass is 16.6. The van der Waals surface area contributed by atoms with Crippen LogP contribution in [0.2, 0.25) is 0 Å². The summed E-state index contributed by atoms with van der Waals surface area (Å²) in [5.41, 5.74) is 0. The molecule has 6 nitrogen and oxygen atoms in total. The molecule has 452 valence electrons. The number of esters is 3. The number of unbranched alkanes of at least 4 members (excludes halogenated alkanes) is 31. The van der Waals surface area contributed by atoms with Crippen LogP contribution >= 0.6 is 0 Å². The maximum Gasteiger partial charge on any atom is 0.306 e. The smallest absolute Gasteiger partial charge is 0.306 e. The van der Waals surface area contributed by atoms with Gasteiger partial charge in [0.1, 0.15) is 13.2 Å². The average molecular weight is 1100 g/mol. The van der Waals surface area contributed by atoms with Crippen LogP contribution in [-0.4, -0.2) is 37.2 Å². The molecule has 0 bridgehead atoms. The summed E-state index contributed by atoms with van der Waals surface area (Å²) in [6, 6.07) is 0. The van der Waals surface area contributed by atoms with Crippen LogP contribution in [0.4, 0.5) is 0 Å². The summed E-state index contributed by atoms with van der Waals surface area (Å²) in [7, 11) is 0. The van der Waals surface area contributed by atoms with E-state index >= 15 is 0 Å². The van der Waals surface area contributed by atoms with Crippen molar-refractivity contribution >= 4 is 17.9 Å². The topological polar surface area (TPSA) is 78.9 Å². The zero-order valence-corrected chi connectivity index (χ0v) is 51.9. The van der Waals surface area contributed by atoms with E-state index in [0.29, 0.717) is 19.3 Å². The minimum atomic E-state index is -0.788. The Morgan fingerprint density at radius 1 is 0.266 bits per heavy atom. The molecule has 79 heavy (non-hydrogen) atoms. The van der Waals surface area contributed by atoms with Crippen molar-refractivity contribution in [3.05, 3.63) is 109 Å². The molecule has 0 spiro atoms. The molecular weight excluding hydrogens is 973 g/mol. The van der Waals surface area contributed by atoms with Crippen molar-refractivity contribution in [2.75, 3.05) is 13.2 Å². The highest BCUT2D eigenvalue weighted by Gasteiger charge is 2.19. The van der Waals surface area contributed by atoms with Crippen LogP contribution in [0.25, 0.3) is 0 Å². The van der Waals surface area contributed by atoms with E-state index < -0.39 is 6.10 Å². The fourth-order valence-electron chi connectivity index (χ4n) is 9.30. The van der Waals surface area contributed by atoms with E-state index in [-0.39, 0.29) is 31.1 Å². The van der Waals surface area contributed by atoms with Gasteiger partial charge in [0.15, 0.2) is 6.10 Å². The molecule has 0 heterocycles. The second-order valence-electron chi connectivity index (χ2n) is 22.0.